The Labute approximate surface area is 422 Å². The van der Waals surface area contributed by atoms with Crippen molar-refractivity contribution in [3.63, 3.8) is 0 Å². The molecule has 382 valence electrons. The summed E-state index contributed by atoms with van der Waals surface area (Å²) in [6.07, 6.45) is 9.70. The van der Waals surface area contributed by atoms with Crippen molar-refractivity contribution < 1.29 is 32.7 Å². The molecule has 5 amide bonds. The van der Waals surface area contributed by atoms with Crippen molar-refractivity contribution in [3.05, 3.63) is 107 Å². The van der Waals surface area contributed by atoms with Crippen LogP contribution in [0.2, 0.25) is 0 Å². The number of ether oxygens (including phenoxy) is 1. The van der Waals surface area contributed by atoms with Crippen LogP contribution in [0.15, 0.2) is 67.0 Å². The fourth-order valence-electron chi connectivity index (χ4n) is 11.3. The molecule has 0 spiro atoms. The number of urea groups is 1. The van der Waals surface area contributed by atoms with Gasteiger partial charge < -0.3 is 24.8 Å². The lowest BCUT2D eigenvalue weighted by atomic mass is 9.86. The molecule has 5 aliphatic rings. The van der Waals surface area contributed by atoms with Crippen molar-refractivity contribution in [2.24, 2.45) is 7.05 Å². The molecule has 18 nitrogen and oxygen atoms in total. The van der Waals surface area contributed by atoms with E-state index in [-0.39, 0.29) is 29.9 Å². The molecule has 2 N–H and O–H groups in total. The van der Waals surface area contributed by atoms with Gasteiger partial charge in [0, 0.05) is 102 Å². The van der Waals surface area contributed by atoms with Crippen LogP contribution in [0.5, 0.6) is 0 Å². The number of halogens is 2. The summed E-state index contributed by atoms with van der Waals surface area (Å²) in [5.41, 5.74) is 3.96. The van der Waals surface area contributed by atoms with Gasteiger partial charge in [0.1, 0.15) is 23.5 Å². The zero-order valence-corrected chi connectivity index (χ0v) is 41.4. The number of piperidine rings is 2. The number of nitrogens with one attached hydrogen (secondary N) is 2. The number of fused-ring (bicyclic) bond motifs is 2. The molecule has 8 heterocycles. The summed E-state index contributed by atoms with van der Waals surface area (Å²) in [7, 11) is 1.87. The molecule has 0 bridgehead atoms. The number of benzene rings is 2. The number of aromatic nitrogens is 5. The average molecular weight is 998 g/mol. The van der Waals surface area contributed by atoms with E-state index in [1.54, 1.807) is 21.8 Å². The van der Waals surface area contributed by atoms with E-state index in [2.05, 4.69) is 53.7 Å². The van der Waals surface area contributed by atoms with Gasteiger partial charge in [0.05, 0.1) is 46.7 Å². The van der Waals surface area contributed by atoms with E-state index in [0.717, 1.165) is 90.6 Å². The van der Waals surface area contributed by atoms with Gasteiger partial charge in [0.15, 0.2) is 5.82 Å². The maximum absolute atomic E-state index is 14.9. The normalized spacial score (nSPS) is 19.9. The molecule has 0 saturated carbocycles. The molecular weight excluding hydrogens is 937 g/mol. The largest absolute Gasteiger partial charge is 0.372 e. The highest BCUT2D eigenvalue weighted by molar-refractivity contribution is 6.09. The Morgan fingerprint density at radius 1 is 0.945 bits per heavy atom. The zero-order valence-electron chi connectivity index (χ0n) is 41.4. The number of pyridine rings is 1. The number of nitrogens with zero attached hydrogens (tertiary/aromatic N) is 11. The lowest BCUT2D eigenvalue weighted by molar-refractivity contribution is -0.133. The van der Waals surface area contributed by atoms with Crippen LogP contribution < -0.4 is 20.4 Å². The van der Waals surface area contributed by atoms with Crippen LogP contribution >= 0.6 is 0 Å². The number of carbonyl (C=O) groups excluding carboxylic acids is 4. The van der Waals surface area contributed by atoms with E-state index in [9.17, 15) is 33.2 Å². The fourth-order valence-corrected chi connectivity index (χ4v) is 11.3. The Hall–Kier alpha value is -7.08. The van der Waals surface area contributed by atoms with Gasteiger partial charge >= 0.3 is 6.03 Å². The predicted octanol–water partition coefficient (Wildman–Crippen LogP) is 5.18. The quantitative estimate of drug-likeness (QED) is 0.149. The van der Waals surface area contributed by atoms with Gasteiger partial charge in [-0.25, -0.2) is 18.6 Å². The van der Waals surface area contributed by atoms with E-state index in [1.165, 1.54) is 10.5 Å². The third kappa shape index (κ3) is 10.6. The van der Waals surface area contributed by atoms with Crippen molar-refractivity contribution in [2.75, 3.05) is 88.4 Å². The predicted molar refractivity (Wildman–Crippen MR) is 269 cm³/mol. The number of hydrogen-bond acceptors (Lipinski definition) is 12. The fraction of sp³-hybridized carbons (Fsp3) is 0.472. The molecule has 4 fully saturated rings. The van der Waals surface area contributed by atoms with Gasteiger partial charge in [-0.3, -0.25) is 38.9 Å². The van der Waals surface area contributed by atoms with Gasteiger partial charge in [-0.2, -0.15) is 15.5 Å². The monoisotopic (exact) mass is 997 g/mol. The Kier molecular flexibility index (Phi) is 14.4. The summed E-state index contributed by atoms with van der Waals surface area (Å²) >= 11 is 0. The summed E-state index contributed by atoms with van der Waals surface area (Å²) < 4.78 is 38.8. The SMILES string of the molecule is CCOC1C=C(c2ccc(N3CCC(CN4CCN(C(=O)CCCN5CCC(c6ccc7c(N8CCC(=O)NC8=O)nn(C)c7c6)CC5)CC4)(NC(=O)c4cc(F)ccc4F)CC3)nc2)c2c(C#N)cnn2C1. The van der Waals surface area contributed by atoms with E-state index in [1.807, 2.05) is 43.1 Å². The number of nitriles is 1. The van der Waals surface area contributed by atoms with Gasteiger partial charge in [0.2, 0.25) is 11.8 Å². The summed E-state index contributed by atoms with van der Waals surface area (Å²) in [5.74, 6) is -0.599. The van der Waals surface area contributed by atoms with Crippen LogP contribution in [0.4, 0.5) is 25.2 Å². The van der Waals surface area contributed by atoms with E-state index >= 15 is 0 Å². The van der Waals surface area contributed by atoms with E-state index < -0.39 is 29.1 Å². The number of imide groups is 1. The minimum atomic E-state index is -0.791. The van der Waals surface area contributed by atoms with Gasteiger partial charge in [-0.1, -0.05) is 6.07 Å². The first kappa shape index (κ1) is 49.5. The van der Waals surface area contributed by atoms with Crippen molar-refractivity contribution in [1.29, 1.82) is 5.26 Å². The van der Waals surface area contributed by atoms with Crippen LogP contribution in [0, 0.1) is 23.0 Å². The van der Waals surface area contributed by atoms with E-state index in [0.29, 0.717) is 102 Å². The van der Waals surface area contributed by atoms with Crippen molar-refractivity contribution >= 4 is 51.9 Å². The van der Waals surface area contributed by atoms with Crippen molar-refractivity contribution in [2.45, 2.75) is 76.0 Å². The summed E-state index contributed by atoms with van der Waals surface area (Å²) in [4.78, 5) is 66.7. The highest BCUT2D eigenvalue weighted by atomic mass is 19.1. The van der Waals surface area contributed by atoms with Crippen LogP contribution in [0.1, 0.15) is 90.5 Å². The molecule has 0 radical (unpaired) electrons. The molecule has 5 aromatic rings. The molecule has 10 rings (SSSR count). The smallest absolute Gasteiger partial charge is 0.329 e. The summed E-state index contributed by atoms with van der Waals surface area (Å²) in [6.45, 7) is 9.92. The molecule has 20 heteroatoms. The second-order valence-electron chi connectivity index (χ2n) is 19.9. The minimum Gasteiger partial charge on any atom is -0.372 e. The Morgan fingerprint density at radius 2 is 1.74 bits per heavy atom. The Balaban J connectivity index is 0.717. The topological polar surface area (TPSA) is 190 Å². The molecule has 2 aromatic carbocycles. The second-order valence-corrected chi connectivity index (χ2v) is 19.9. The number of likely N-dealkylation sites (tertiary alicyclic amines) is 1. The maximum atomic E-state index is 14.9. The molecule has 4 saturated heterocycles. The lowest BCUT2D eigenvalue weighted by Gasteiger charge is -2.46. The Bertz CT molecular complexity index is 2960. The number of amides is 5. The van der Waals surface area contributed by atoms with Crippen LogP contribution in [-0.2, 0) is 27.9 Å². The number of rotatable bonds is 14. The van der Waals surface area contributed by atoms with Gasteiger partial charge in [0.25, 0.3) is 5.91 Å². The molecule has 3 aromatic heterocycles. The number of hydrogen-bond donors (Lipinski definition) is 2. The first-order chi connectivity index (χ1) is 35.4. The van der Waals surface area contributed by atoms with Crippen molar-refractivity contribution in [3.8, 4) is 6.07 Å². The highest BCUT2D eigenvalue weighted by Gasteiger charge is 2.40. The molecular formula is C53H61F2N13O5. The number of piperazine rings is 1. The first-order valence-electron chi connectivity index (χ1n) is 25.5. The molecule has 73 heavy (non-hydrogen) atoms. The lowest BCUT2D eigenvalue weighted by Crippen LogP contribution is -2.62. The van der Waals surface area contributed by atoms with Gasteiger partial charge in [-0.05, 0) is 119 Å². The number of carbonyl (C=O) groups is 4. The standard InChI is InChI=1S/C53H61F2N13O5/c1-3-73-40-29-42(49-38(30-56)32-58-68(49)33-40)37-7-11-46(57-31-37)65-21-15-53(16-22-65,60-51(71)43-28-39(54)8-10-44(43)55)34-64-23-25-66(26-24-64)48(70)5-4-17-63-18-12-35(13-19-63)36-6-9-41-45(27-36)62(2)61-50(41)67-20-14-47(69)59-52(67)72/h6-11,27-29,31-32,35,40H,3-5,12-26,33-34H2,1-2H3,(H,60,71)(H,59,69,72). The molecule has 1 atom stereocenters. The van der Waals surface area contributed by atoms with E-state index in [4.69, 9.17) is 9.72 Å². The van der Waals surface area contributed by atoms with Crippen LogP contribution in [0.3, 0.4) is 0 Å². The Morgan fingerprint density at radius 3 is 2.47 bits per heavy atom. The van der Waals surface area contributed by atoms with Crippen LogP contribution in [-0.4, -0.2) is 153 Å². The molecule has 1 unspecified atom stereocenters. The summed E-state index contributed by atoms with van der Waals surface area (Å²) in [6, 6.07) is 15.0. The maximum Gasteiger partial charge on any atom is 0.329 e. The van der Waals surface area contributed by atoms with Crippen LogP contribution in [0.25, 0.3) is 16.5 Å². The van der Waals surface area contributed by atoms with Gasteiger partial charge in [-0.15, -0.1) is 0 Å². The molecule has 5 aliphatic heterocycles. The van der Waals surface area contributed by atoms with Crippen molar-refractivity contribution in [1.82, 2.24) is 49.9 Å². The first-order valence-corrected chi connectivity index (χ1v) is 25.5. The molecule has 0 aliphatic carbocycles. The minimum absolute atomic E-state index is 0.133. The average Bonchev–Trinajstić information content (AvgIpc) is 3.97. The zero-order chi connectivity index (χ0) is 50.8. The second kappa shape index (κ2) is 21.2. The number of anilines is 2. The highest BCUT2D eigenvalue weighted by Crippen LogP contribution is 2.36. The summed E-state index contributed by atoms with van der Waals surface area (Å²) in [5, 5.41) is 25.3. The number of aryl methyl sites for hydroxylation is 1. The third-order valence-corrected chi connectivity index (χ3v) is 15.3. The third-order valence-electron chi connectivity index (χ3n) is 15.3.